The molecule has 0 spiro atoms. The number of hydrogen-bond acceptors (Lipinski definition) is 1. The van der Waals surface area contributed by atoms with E-state index in [4.69, 9.17) is 5.11 Å². The lowest BCUT2D eigenvalue weighted by molar-refractivity contribution is 0.137. The topological polar surface area (TPSA) is 20.2 Å². The van der Waals surface area contributed by atoms with E-state index in [0.29, 0.717) is 0 Å². The second kappa shape index (κ2) is 3.96. The molecule has 0 aliphatic rings. The smallest absolute Gasteiger partial charge is 0.143 e. The van der Waals surface area contributed by atoms with Gasteiger partial charge < -0.3 is 5.11 Å². The van der Waals surface area contributed by atoms with E-state index in [1.165, 1.54) is 12.1 Å². The summed E-state index contributed by atoms with van der Waals surface area (Å²) in [7, 11) is 0. The molecule has 12 heavy (non-hydrogen) atoms. The number of alkyl halides is 1. The first kappa shape index (κ1) is 9.61. The first-order valence-electron chi connectivity index (χ1n) is 3.34. The molecule has 0 saturated carbocycles. The maximum atomic E-state index is 13.1. The normalized spacial score (nSPS) is 13.0. The van der Waals surface area contributed by atoms with Crippen molar-refractivity contribution >= 4 is 15.9 Å². The molecular formula is C8H7BrF2O. The van der Waals surface area contributed by atoms with Crippen molar-refractivity contribution in [3.8, 4) is 0 Å². The van der Waals surface area contributed by atoms with Crippen LogP contribution in [0, 0.1) is 5.82 Å². The lowest BCUT2D eigenvalue weighted by Crippen LogP contribution is -2.02. The van der Waals surface area contributed by atoms with Crippen LogP contribution in [0.3, 0.4) is 0 Å². The third-order valence-electron chi connectivity index (χ3n) is 1.49. The van der Waals surface area contributed by atoms with Crippen molar-refractivity contribution in [1.82, 2.24) is 0 Å². The van der Waals surface area contributed by atoms with Gasteiger partial charge in [-0.25, -0.2) is 8.78 Å². The molecule has 1 atom stereocenters. The second-order valence-corrected chi connectivity index (χ2v) is 3.17. The van der Waals surface area contributed by atoms with Gasteiger partial charge in [-0.05, 0) is 22.0 Å². The Morgan fingerprint density at radius 3 is 2.75 bits per heavy atom. The predicted octanol–water partition coefficient (Wildman–Crippen LogP) is 2.59. The zero-order chi connectivity index (χ0) is 9.14. The summed E-state index contributed by atoms with van der Waals surface area (Å²) in [5.41, 5.74) is -0.0214. The summed E-state index contributed by atoms with van der Waals surface area (Å²) in [6, 6.07) is 4.38. The van der Waals surface area contributed by atoms with Crippen LogP contribution in [0.25, 0.3) is 0 Å². The van der Waals surface area contributed by atoms with E-state index in [1.807, 2.05) is 0 Å². The largest absolute Gasteiger partial charge is 0.386 e. The fraction of sp³-hybridized carbons (Fsp3) is 0.250. The Hall–Kier alpha value is -0.480. The minimum atomic E-state index is -1.37. The number of benzene rings is 1. The number of hydrogen-bond donors (Lipinski definition) is 1. The second-order valence-electron chi connectivity index (χ2n) is 2.31. The van der Waals surface area contributed by atoms with E-state index < -0.39 is 18.6 Å². The van der Waals surface area contributed by atoms with Crippen LogP contribution in [-0.4, -0.2) is 11.8 Å². The van der Waals surface area contributed by atoms with Crippen LogP contribution in [0.5, 0.6) is 0 Å². The van der Waals surface area contributed by atoms with Gasteiger partial charge in [0.15, 0.2) is 0 Å². The molecule has 4 heteroatoms. The number of aliphatic hydroxyl groups excluding tert-OH is 1. The van der Waals surface area contributed by atoms with Gasteiger partial charge in [-0.3, -0.25) is 0 Å². The molecule has 66 valence electrons. The predicted molar refractivity (Wildman–Crippen MR) is 45.0 cm³/mol. The molecule has 0 aromatic heterocycles. The van der Waals surface area contributed by atoms with Crippen molar-refractivity contribution < 1.29 is 13.9 Å². The van der Waals surface area contributed by atoms with Crippen LogP contribution in [-0.2, 0) is 0 Å². The van der Waals surface area contributed by atoms with Crippen molar-refractivity contribution in [2.24, 2.45) is 0 Å². The van der Waals surface area contributed by atoms with Crippen molar-refractivity contribution in [3.05, 3.63) is 34.1 Å². The molecule has 0 aliphatic carbocycles. The molecule has 0 heterocycles. The van der Waals surface area contributed by atoms with E-state index in [-0.39, 0.29) is 10.0 Å². The summed E-state index contributed by atoms with van der Waals surface area (Å²) in [4.78, 5) is 0. The summed E-state index contributed by atoms with van der Waals surface area (Å²) in [6.07, 6.45) is -1.37. The highest BCUT2D eigenvalue weighted by Crippen LogP contribution is 2.23. The molecule has 0 saturated heterocycles. The van der Waals surface area contributed by atoms with Gasteiger partial charge >= 0.3 is 0 Å². The quantitative estimate of drug-likeness (QED) is 0.838. The zero-order valence-electron chi connectivity index (χ0n) is 6.10. The molecule has 1 N–H and O–H groups in total. The molecular weight excluding hydrogens is 230 g/mol. The van der Waals surface area contributed by atoms with Gasteiger partial charge in [-0.2, -0.15) is 0 Å². The van der Waals surface area contributed by atoms with E-state index in [2.05, 4.69) is 15.9 Å². The molecule has 1 rings (SSSR count). The Kier molecular flexibility index (Phi) is 3.17. The number of halogens is 3. The van der Waals surface area contributed by atoms with Crippen LogP contribution in [0.2, 0.25) is 0 Å². The van der Waals surface area contributed by atoms with Gasteiger partial charge in [0, 0.05) is 5.56 Å². The third kappa shape index (κ3) is 1.81. The minimum absolute atomic E-state index is 0.0214. The van der Waals surface area contributed by atoms with Gasteiger partial charge in [0.2, 0.25) is 0 Å². The molecule has 0 bridgehead atoms. The number of rotatable bonds is 2. The Morgan fingerprint density at radius 2 is 2.17 bits per heavy atom. The van der Waals surface area contributed by atoms with Gasteiger partial charge in [-0.15, -0.1) is 0 Å². The Labute approximate surface area is 77.2 Å². The van der Waals surface area contributed by atoms with Crippen molar-refractivity contribution in [3.63, 3.8) is 0 Å². The summed E-state index contributed by atoms with van der Waals surface area (Å²) in [5.74, 6) is -0.609. The van der Waals surface area contributed by atoms with Crippen LogP contribution in [0.15, 0.2) is 22.7 Å². The molecule has 1 unspecified atom stereocenters. The molecule has 1 aromatic rings. The van der Waals surface area contributed by atoms with Crippen LogP contribution in [0.4, 0.5) is 8.78 Å². The maximum absolute atomic E-state index is 13.1. The van der Waals surface area contributed by atoms with Crippen LogP contribution >= 0.6 is 15.9 Å². The third-order valence-corrected chi connectivity index (χ3v) is 2.10. The summed E-state index contributed by atoms with van der Waals surface area (Å²) in [5, 5.41) is 9.00. The molecule has 0 fully saturated rings. The Bertz CT molecular complexity index is 278. The first-order valence-corrected chi connectivity index (χ1v) is 4.14. The SMILES string of the molecule is OC(CF)c1cccc(Br)c1F. The number of aliphatic hydroxyl groups is 1. The zero-order valence-corrected chi connectivity index (χ0v) is 7.68. The summed E-state index contributed by atoms with van der Waals surface area (Å²) in [6.45, 7) is -0.979. The van der Waals surface area contributed by atoms with Gasteiger partial charge in [0.1, 0.15) is 18.6 Å². The first-order chi connectivity index (χ1) is 5.66. The fourth-order valence-electron chi connectivity index (χ4n) is 0.861. The fourth-order valence-corrected chi connectivity index (χ4v) is 1.24. The van der Waals surface area contributed by atoms with Crippen molar-refractivity contribution in [1.29, 1.82) is 0 Å². The van der Waals surface area contributed by atoms with Gasteiger partial charge in [-0.1, -0.05) is 12.1 Å². The molecule has 1 aromatic carbocycles. The van der Waals surface area contributed by atoms with Crippen LogP contribution < -0.4 is 0 Å². The van der Waals surface area contributed by atoms with E-state index in [9.17, 15) is 8.78 Å². The lowest BCUT2D eigenvalue weighted by Gasteiger charge is -2.07. The summed E-state index contributed by atoms with van der Waals surface area (Å²) >= 11 is 2.93. The molecule has 1 nitrogen and oxygen atoms in total. The standard InChI is InChI=1S/C8H7BrF2O/c9-6-3-1-2-5(8(6)11)7(12)4-10/h1-3,7,12H,4H2. The average Bonchev–Trinajstić information content (AvgIpc) is 2.08. The molecule has 0 radical (unpaired) electrons. The Balaban J connectivity index is 3.07. The van der Waals surface area contributed by atoms with Crippen molar-refractivity contribution in [2.45, 2.75) is 6.10 Å². The molecule has 0 aliphatic heterocycles. The maximum Gasteiger partial charge on any atom is 0.143 e. The Morgan fingerprint density at radius 1 is 1.50 bits per heavy atom. The highest BCUT2D eigenvalue weighted by atomic mass is 79.9. The minimum Gasteiger partial charge on any atom is -0.386 e. The van der Waals surface area contributed by atoms with E-state index in [0.717, 1.165) is 0 Å². The van der Waals surface area contributed by atoms with Crippen molar-refractivity contribution in [2.75, 3.05) is 6.67 Å². The highest BCUT2D eigenvalue weighted by molar-refractivity contribution is 9.10. The molecule has 0 amide bonds. The lowest BCUT2D eigenvalue weighted by atomic mass is 10.1. The average molecular weight is 237 g/mol. The monoisotopic (exact) mass is 236 g/mol. The van der Waals surface area contributed by atoms with Gasteiger partial charge in [0.25, 0.3) is 0 Å². The summed E-state index contributed by atoms with van der Waals surface area (Å²) < 4.78 is 25.2. The van der Waals surface area contributed by atoms with Gasteiger partial charge in [0.05, 0.1) is 4.47 Å². The van der Waals surface area contributed by atoms with E-state index in [1.54, 1.807) is 6.07 Å². The van der Waals surface area contributed by atoms with E-state index >= 15 is 0 Å². The highest BCUT2D eigenvalue weighted by Gasteiger charge is 2.13. The van der Waals surface area contributed by atoms with Crippen LogP contribution in [0.1, 0.15) is 11.7 Å².